The molecule has 2 aliphatic rings. The average molecular weight is 364 g/mol. The molecule has 2 fully saturated rings. The number of alkyl halides is 2. The van der Waals surface area contributed by atoms with Crippen LogP contribution in [0.5, 0.6) is 5.75 Å². The number of hydrogen-bond donors (Lipinski definition) is 1. The minimum Gasteiger partial charge on any atom is -0.434 e. The molecule has 1 aromatic rings. The fourth-order valence-electron chi connectivity index (χ4n) is 3.01. The predicted molar refractivity (Wildman–Crippen MR) is 90.7 cm³/mol. The van der Waals surface area contributed by atoms with Crippen molar-refractivity contribution in [2.75, 3.05) is 32.7 Å². The van der Waals surface area contributed by atoms with E-state index < -0.39 is 6.61 Å². The first-order chi connectivity index (χ1) is 12.5. The molecule has 6 nitrogen and oxygen atoms in total. The Bertz CT molecular complexity index is 680. The third kappa shape index (κ3) is 5.38. The molecule has 1 N–H and O–H groups in total. The Hall–Kier alpha value is -2.24. The van der Waals surface area contributed by atoms with Crippen LogP contribution in [0.15, 0.2) is 18.2 Å². The molecule has 0 atom stereocenters. The number of amides is 1. The van der Waals surface area contributed by atoms with Gasteiger partial charge < -0.3 is 10.1 Å². The highest BCUT2D eigenvalue weighted by Gasteiger charge is 2.25. The summed E-state index contributed by atoms with van der Waals surface area (Å²) in [5, 5.41) is 11.9. The molecule has 1 aliphatic heterocycles. The number of nitriles is 1. The second-order valence-corrected chi connectivity index (χ2v) is 6.71. The van der Waals surface area contributed by atoms with Crippen LogP contribution in [0.2, 0.25) is 0 Å². The summed E-state index contributed by atoms with van der Waals surface area (Å²) in [6, 6.07) is 6.91. The zero-order valence-electron chi connectivity index (χ0n) is 14.5. The average Bonchev–Trinajstić information content (AvgIpc) is 3.41. The van der Waals surface area contributed by atoms with Gasteiger partial charge in [0.15, 0.2) is 0 Å². The van der Waals surface area contributed by atoms with Gasteiger partial charge in [0.1, 0.15) is 5.75 Å². The van der Waals surface area contributed by atoms with E-state index in [1.807, 2.05) is 6.07 Å². The van der Waals surface area contributed by atoms with Gasteiger partial charge in [-0.15, -0.1) is 0 Å². The quantitative estimate of drug-likeness (QED) is 0.795. The van der Waals surface area contributed by atoms with Crippen LogP contribution >= 0.6 is 0 Å². The zero-order valence-corrected chi connectivity index (χ0v) is 14.5. The lowest BCUT2D eigenvalue weighted by Gasteiger charge is -2.34. The predicted octanol–water partition coefficient (Wildman–Crippen LogP) is 1.56. The molecule has 1 aromatic carbocycles. The fraction of sp³-hybridized carbons (Fsp3) is 0.556. The van der Waals surface area contributed by atoms with Crippen LogP contribution in [0.1, 0.15) is 24.0 Å². The molecule has 8 heteroatoms. The highest BCUT2D eigenvalue weighted by molar-refractivity contribution is 5.78. The van der Waals surface area contributed by atoms with Gasteiger partial charge in [-0.3, -0.25) is 14.6 Å². The SMILES string of the molecule is N#Cc1ccc(CN2CCN(CC(=O)NC3CC3)CC2)c(OC(F)F)c1. The van der Waals surface area contributed by atoms with Crippen molar-refractivity contribution >= 4 is 5.91 Å². The summed E-state index contributed by atoms with van der Waals surface area (Å²) >= 11 is 0. The third-order valence-electron chi connectivity index (χ3n) is 4.58. The van der Waals surface area contributed by atoms with Gasteiger partial charge in [0.05, 0.1) is 18.2 Å². The van der Waals surface area contributed by atoms with E-state index in [-0.39, 0.29) is 17.2 Å². The van der Waals surface area contributed by atoms with Crippen LogP contribution in [-0.2, 0) is 11.3 Å². The molecule has 1 saturated heterocycles. The smallest absolute Gasteiger partial charge is 0.387 e. The van der Waals surface area contributed by atoms with Crippen molar-refractivity contribution in [2.24, 2.45) is 0 Å². The number of piperazine rings is 1. The van der Waals surface area contributed by atoms with E-state index in [9.17, 15) is 13.6 Å². The van der Waals surface area contributed by atoms with Crippen molar-refractivity contribution in [1.82, 2.24) is 15.1 Å². The highest BCUT2D eigenvalue weighted by Crippen LogP contribution is 2.24. The third-order valence-corrected chi connectivity index (χ3v) is 4.58. The largest absolute Gasteiger partial charge is 0.434 e. The van der Waals surface area contributed by atoms with Crippen molar-refractivity contribution in [1.29, 1.82) is 5.26 Å². The van der Waals surface area contributed by atoms with Gasteiger partial charge in [-0.25, -0.2) is 0 Å². The van der Waals surface area contributed by atoms with E-state index in [1.54, 1.807) is 12.1 Å². The molecular formula is C18H22F2N4O2. The van der Waals surface area contributed by atoms with E-state index >= 15 is 0 Å². The molecule has 3 rings (SSSR count). The van der Waals surface area contributed by atoms with Crippen molar-refractivity contribution in [3.8, 4) is 11.8 Å². The number of ether oxygens (including phenoxy) is 1. The standard InChI is InChI=1S/C18H22F2N4O2/c19-18(20)26-16-9-13(10-21)1-2-14(16)11-23-5-7-24(8-6-23)12-17(25)22-15-3-4-15/h1-2,9,15,18H,3-8,11-12H2,(H,22,25). The van der Waals surface area contributed by atoms with Gasteiger partial charge in [0.2, 0.25) is 5.91 Å². The molecular weight excluding hydrogens is 342 g/mol. The van der Waals surface area contributed by atoms with E-state index in [2.05, 4.69) is 19.9 Å². The molecule has 0 spiro atoms. The first kappa shape index (κ1) is 18.5. The number of carbonyl (C=O) groups is 1. The molecule has 140 valence electrons. The van der Waals surface area contributed by atoms with Gasteiger partial charge in [-0.05, 0) is 25.0 Å². The van der Waals surface area contributed by atoms with Crippen molar-refractivity contribution in [3.05, 3.63) is 29.3 Å². The van der Waals surface area contributed by atoms with E-state index in [0.29, 0.717) is 24.7 Å². The number of nitrogens with one attached hydrogen (secondary N) is 1. The number of rotatable bonds is 7. The fourth-order valence-corrected chi connectivity index (χ4v) is 3.01. The molecule has 0 bridgehead atoms. The van der Waals surface area contributed by atoms with Gasteiger partial charge >= 0.3 is 6.61 Å². The van der Waals surface area contributed by atoms with Crippen molar-refractivity contribution in [2.45, 2.75) is 32.0 Å². The first-order valence-corrected chi connectivity index (χ1v) is 8.75. The summed E-state index contributed by atoms with van der Waals surface area (Å²) in [4.78, 5) is 16.1. The Balaban J connectivity index is 1.52. The second-order valence-electron chi connectivity index (χ2n) is 6.71. The van der Waals surface area contributed by atoms with E-state index in [0.717, 1.165) is 39.0 Å². The van der Waals surface area contributed by atoms with Crippen LogP contribution in [0, 0.1) is 11.3 Å². The normalized spacial score (nSPS) is 18.5. The molecule has 26 heavy (non-hydrogen) atoms. The monoisotopic (exact) mass is 364 g/mol. The lowest BCUT2D eigenvalue weighted by molar-refractivity contribution is -0.122. The molecule has 1 heterocycles. The number of hydrogen-bond acceptors (Lipinski definition) is 5. The summed E-state index contributed by atoms with van der Waals surface area (Å²) in [6.45, 7) is 0.926. The Kier molecular flexibility index (Phi) is 6.01. The second kappa shape index (κ2) is 8.43. The lowest BCUT2D eigenvalue weighted by atomic mass is 10.1. The Morgan fingerprint density at radius 3 is 2.58 bits per heavy atom. The maximum atomic E-state index is 12.6. The van der Waals surface area contributed by atoms with Gasteiger partial charge in [0, 0.05) is 44.3 Å². The van der Waals surface area contributed by atoms with Crippen molar-refractivity contribution < 1.29 is 18.3 Å². The molecule has 1 saturated carbocycles. The Morgan fingerprint density at radius 1 is 1.27 bits per heavy atom. The number of carbonyl (C=O) groups excluding carboxylic acids is 1. The number of nitrogens with zero attached hydrogens (tertiary/aromatic N) is 3. The summed E-state index contributed by atoms with van der Waals surface area (Å²) in [6.07, 6.45) is 2.15. The Labute approximate surface area is 151 Å². The minimum atomic E-state index is -2.93. The molecule has 1 amide bonds. The first-order valence-electron chi connectivity index (χ1n) is 8.75. The van der Waals surface area contributed by atoms with Crippen LogP contribution < -0.4 is 10.1 Å². The molecule has 0 unspecified atom stereocenters. The summed E-state index contributed by atoms with van der Waals surface area (Å²) in [7, 11) is 0. The minimum absolute atomic E-state index is 0.0466. The van der Waals surface area contributed by atoms with E-state index in [4.69, 9.17) is 5.26 Å². The van der Waals surface area contributed by atoms with Crippen LogP contribution in [0.4, 0.5) is 8.78 Å². The summed E-state index contributed by atoms with van der Waals surface area (Å²) in [5.41, 5.74) is 0.917. The van der Waals surface area contributed by atoms with Gasteiger partial charge in [-0.1, -0.05) is 6.07 Å². The number of benzene rings is 1. The topological polar surface area (TPSA) is 68.6 Å². The lowest BCUT2D eigenvalue weighted by Crippen LogP contribution is -2.49. The summed E-state index contributed by atoms with van der Waals surface area (Å²) in [5.74, 6) is 0.117. The summed E-state index contributed by atoms with van der Waals surface area (Å²) < 4.78 is 29.8. The zero-order chi connectivity index (χ0) is 18.5. The molecule has 1 aliphatic carbocycles. The van der Waals surface area contributed by atoms with Gasteiger partial charge in [0.25, 0.3) is 0 Å². The van der Waals surface area contributed by atoms with Crippen molar-refractivity contribution in [3.63, 3.8) is 0 Å². The molecule has 0 radical (unpaired) electrons. The molecule has 0 aromatic heterocycles. The van der Waals surface area contributed by atoms with Crippen LogP contribution in [0.25, 0.3) is 0 Å². The maximum absolute atomic E-state index is 12.6. The number of halogens is 2. The van der Waals surface area contributed by atoms with Crippen LogP contribution in [-0.4, -0.2) is 61.1 Å². The van der Waals surface area contributed by atoms with E-state index in [1.165, 1.54) is 6.07 Å². The Morgan fingerprint density at radius 2 is 1.96 bits per heavy atom. The van der Waals surface area contributed by atoms with Gasteiger partial charge in [-0.2, -0.15) is 14.0 Å². The van der Waals surface area contributed by atoms with Crippen LogP contribution in [0.3, 0.4) is 0 Å². The highest BCUT2D eigenvalue weighted by atomic mass is 19.3. The maximum Gasteiger partial charge on any atom is 0.387 e.